The molecule has 2 heteroatoms. The SMILES string of the molecule is CC(c1ccccc1)C(Cl)c1ccc2c(c1)CCO2. The number of fused-ring (bicyclic) bond motifs is 1. The fourth-order valence-corrected chi connectivity index (χ4v) is 2.87. The first-order chi connectivity index (χ1) is 9.25. The molecule has 0 N–H and O–H groups in total. The first-order valence-electron chi connectivity index (χ1n) is 6.70. The molecule has 0 amide bonds. The molecule has 0 saturated heterocycles. The van der Waals surface area contributed by atoms with Gasteiger partial charge in [0.15, 0.2) is 0 Å². The van der Waals surface area contributed by atoms with Crippen LogP contribution in [-0.4, -0.2) is 6.61 Å². The average Bonchev–Trinajstić information content (AvgIpc) is 2.94. The third kappa shape index (κ3) is 2.48. The van der Waals surface area contributed by atoms with Gasteiger partial charge in [0.1, 0.15) is 5.75 Å². The Kier molecular flexibility index (Phi) is 3.48. The summed E-state index contributed by atoms with van der Waals surface area (Å²) in [6.07, 6.45) is 0.993. The van der Waals surface area contributed by atoms with E-state index in [4.69, 9.17) is 16.3 Å². The van der Waals surface area contributed by atoms with Crippen molar-refractivity contribution in [2.75, 3.05) is 6.61 Å². The van der Waals surface area contributed by atoms with Gasteiger partial charge in [-0.3, -0.25) is 0 Å². The van der Waals surface area contributed by atoms with Crippen LogP contribution in [0.3, 0.4) is 0 Å². The van der Waals surface area contributed by atoms with Gasteiger partial charge in [0, 0.05) is 12.3 Å². The van der Waals surface area contributed by atoms with Gasteiger partial charge in [-0.25, -0.2) is 0 Å². The van der Waals surface area contributed by atoms with Gasteiger partial charge < -0.3 is 4.74 Å². The molecule has 0 fully saturated rings. The highest BCUT2D eigenvalue weighted by Gasteiger charge is 2.20. The molecule has 0 radical (unpaired) electrons. The normalized spacial score (nSPS) is 16.5. The van der Waals surface area contributed by atoms with Crippen molar-refractivity contribution in [1.29, 1.82) is 0 Å². The van der Waals surface area contributed by atoms with E-state index in [2.05, 4.69) is 43.3 Å². The maximum Gasteiger partial charge on any atom is 0.122 e. The van der Waals surface area contributed by atoms with E-state index in [9.17, 15) is 0 Å². The van der Waals surface area contributed by atoms with Crippen LogP contribution in [0.4, 0.5) is 0 Å². The Hall–Kier alpha value is -1.47. The second-order valence-corrected chi connectivity index (χ2v) is 5.54. The Bertz CT molecular complexity index is 565. The predicted octanol–water partition coefficient (Wildman–Crippen LogP) is 4.71. The quantitative estimate of drug-likeness (QED) is 0.736. The van der Waals surface area contributed by atoms with Crippen molar-refractivity contribution in [3.63, 3.8) is 0 Å². The van der Waals surface area contributed by atoms with Crippen molar-refractivity contribution in [3.8, 4) is 5.75 Å². The molecule has 0 bridgehead atoms. The third-order valence-corrected chi connectivity index (χ3v) is 4.43. The van der Waals surface area contributed by atoms with E-state index in [1.54, 1.807) is 0 Å². The van der Waals surface area contributed by atoms with Gasteiger partial charge in [-0.1, -0.05) is 49.4 Å². The summed E-state index contributed by atoms with van der Waals surface area (Å²) in [6.45, 7) is 2.97. The number of rotatable bonds is 3. The molecule has 98 valence electrons. The highest BCUT2D eigenvalue weighted by molar-refractivity contribution is 6.21. The fourth-order valence-electron chi connectivity index (χ4n) is 2.59. The molecule has 1 heterocycles. The number of alkyl halides is 1. The van der Waals surface area contributed by atoms with Gasteiger partial charge >= 0.3 is 0 Å². The summed E-state index contributed by atoms with van der Waals surface area (Å²) in [7, 11) is 0. The van der Waals surface area contributed by atoms with E-state index in [0.29, 0.717) is 5.92 Å². The van der Waals surface area contributed by atoms with Crippen molar-refractivity contribution in [2.24, 2.45) is 0 Å². The van der Waals surface area contributed by atoms with Crippen molar-refractivity contribution in [3.05, 3.63) is 65.2 Å². The van der Waals surface area contributed by atoms with Crippen molar-refractivity contribution >= 4 is 11.6 Å². The monoisotopic (exact) mass is 272 g/mol. The summed E-state index contributed by atoms with van der Waals surface area (Å²) in [5.41, 5.74) is 3.74. The van der Waals surface area contributed by atoms with E-state index in [0.717, 1.165) is 18.8 Å². The molecule has 2 atom stereocenters. The molecule has 3 rings (SSSR count). The minimum Gasteiger partial charge on any atom is -0.493 e. The van der Waals surface area contributed by atoms with Crippen LogP contribution < -0.4 is 4.74 Å². The molecule has 1 aliphatic heterocycles. The number of halogens is 1. The molecule has 0 aliphatic carbocycles. The van der Waals surface area contributed by atoms with Crippen LogP contribution in [0.2, 0.25) is 0 Å². The largest absolute Gasteiger partial charge is 0.493 e. The summed E-state index contributed by atoms with van der Waals surface area (Å²) in [5.74, 6) is 1.31. The Morgan fingerprint density at radius 2 is 1.84 bits per heavy atom. The van der Waals surface area contributed by atoms with Gasteiger partial charge in [-0.05, 0) is 22.8 Å². The smallest absolute Gasteiger partial charge is 0.122 e. The van der Waals surface area contributed by atoms with Crippen LogP contribution in [0.5, 0.6) is 5.75 Å². The standard InChI is InChI=1S/C17H17ClO/c1-12(13-5-3-2-4-6-13)17(18)15-7-8-16-14(11-15)9-10-19-16/h2-8,11-12,17H,9-10H2,1H3. The lowest BCUT2D eigenvalue weighted by atomic mass is 9.92. The molecule has 0 saturated carbocycles. The molecule has 2 aromatic rings. The van der Waals surface area contributed by atoms with Crippen LogP contribution >= 0.6 is 11.6 Å². The van der Waals surface area contributed by atoms with Crippen molar-refractivity contribution < 1.29 is 4.74 Å². The van der Waals surface area contributed by atoms with Crippen molar-refractivity contribution in [2.45, 2.75) is 24.6 Å². The lowest BCUT2D eigenvalue weighted by molar-refractivity contribution is 0.357. The van der Waals surface area contributed by atoms with Crippen LogP contribution in [0.1, 0.15) is 34.9 Å². The first-order valence-corrected chi connectivity index (χ1v) is 7.14. The van der Waals surface area contributed by atoms with E-state index in [1.165, 1.54) is 16.7 Å². The lowest BCUT2D eigenvalue weighted by Crippen LogP contribution is -2.02. The summed E-state index contributed by atoms with van der Waals surface area (Å²) in [5, 5.41) is -0.00620. The molecule has 2 unspecified atom stereocenters. The van der Waals surface area contributed by atoms with Crippen molar-refractivity contribution in [1.82, 2.24) is 0 Å². The third-order valence-electron chi connectivity index (χ3n) is 3.80. The minimum atomic E-state index is -0.00620. The zero-order valence-corrected chi connectivity index (χ0v) is 11.7. The maximum absolute atomic E-state index is 6.65. The van der Waals surface area contributed by atoms with E-state index < -0.39 is 0 Å². The Labute approximate surface area is 119 Å². The van der Waals surface area contributed by atoms with Crippen LogP contribution in [0.25, 0.3) is 0 Å². The van der Waals surface area contributed by atoms with E-state index in [1.807, 2.05) is 12.1 Å². The predicted molar refractivity (Wildman–Crippen MR) is 79.1 cm³/mol. The zero-order chi connectivity index (χ0) is 13.2. The molecular weight excluding hydrogens is 256 g/mol. The van der Waals surface area contributed by atoms with Crippen LogP contribution in [0.15, 0.2) is 48.5 Å². The number of ether oxygens (including phenoxy) is 1. The van der Waals surface area contributed by atoms with E-state index >= 15 is 0 Å². The number of hydrogen-bond donors (Lipinski definition) is 0. The first kappa shape index (κ1) is 12.6. The van der Waals surface area contributed by atoms with Crippen LogP contribution in [0, 0.1) is 0 Å². The average molecular weight is 273 g/mol. The summed E-state index contributed by atoms with van der Waals surface area (Å²) < 4.78 is 5.54. The highest BCUT2D eigenvalue weighted by Crippen LogP contribution is 2.38. The maximum atomic E-state index is 6.65. The minimum absolute atomic E-state index is 0.00620. The number of benzene rings is 2. The molecule has 0 spiro atoms. The molecule has 1 aliphatic rings. The summed E-state index contributed by atoms with van der Waals surface area (Å²) in [4.78, 5) is 0. The van der Waals surface area contributed by atoms with Gasteiger partial charge in [0.05, 0.1) is 12.0 Å². The summed E-state index contributed by atoms with van der Waals surface area (Å²) in [6, 6.07) is 16.8. The van der Waals surface area contributed by atoms with Gasteiger partial charge in [0.25, 0.3) is 0 Å². The second-order valence-electron chi connectivity index (χ2n) is 5.07. The second kappa shape index (κ2) is 5.26. The molecule has 2 aromatic carbocycles. The van der Waals surface area contributed by atoms with Crippen LogP contribution in [-0.2, 0) is 6.42 Å². The Morgan fingerprint density at radius 3 is 2.63 bits per heavy atom. The van der Waals surface area contributed by atoms with Gasteiger partial charge in [-0.15, -0.1) is 11.6 Å². The van der Waals surface area contributed by atoms with E-state index in [-0.39, 0.29) is 5.38 Å². The lowest BCUT2D eigenvalue weighted by Gasteiger charge is -2.19. The Morgan fingerprint density at radius 1 is 1.05 bits per heavy atom. The topological polar surface area (TPSA) is 9.23 Å². The molecular formula is C17H17ClO. The van der Waals surface area contributed by atoms with Gasteiger partial charge in [-0.2, -0.15) is 0 Å². The highest BCUT2D eigenvalue weighted by atomic mass is 35.5. The zero-order valence-electron chi connectivity index (χ0n) is 11.0. The molecule has 19 heavy (non-hydrogen) atoms. The Balaban J connectivity index is 1.86. The molecule has 1 nitrogen and oxygen atoms in total. The molecule has 0 aromatic heterocycles. The fraction of sp³-hybridized carbons (Fsp3) is 0.294. The van der Waals surface area contributed by atoms with Gasteiger partial charge in [0.2, 0.25) is 0 Å². The summed E-state index contributed by atoms with van der Waals surface area (Å²) >= 11 is 6.65. The number of hydrogen-bond acceptors (Lipinski definition) is 1.